The molecule has 0 radical (unpaired) electrons. The topological polar surface area (TPSA) is 152 Å². The van der Waals surface area contributed by atoms with Crippen LogP contribution < -0.4 is 16.0 Å². The number of methoxy groups -OCH3 is 1. The Morgan fingerprint density at radius 2 is 1.89 bits per heavy atom. The predicted octanol–water partition coefficient (Wildman–Crippen LogP) is 3.83. The van der Waals surface area contributed by atoms with Crippen molar-refractivity contribution in [3.63, 3.8) is 0 Å². The summed E-state index contributed by atoms with van der Waals surface area (Å²) in [5.41, 5.74) is 1.49. The Morgan fingerprint density at radius 1 is 1.11 bits per heavy atom. The van der Waals surface area contributed by atoms with Crippen molar-refractivity contribution in [2.75, 3.05) is 26.9 Å². The average molecular weight is 648 g/mol. The van der Waals surface area contributed by atoms with Crippen LogP contribution in [0.5, 0.6) is 0 Å². The molecule has 4 N–H and O–H groups in total. The molecule has 3 aromatic rings. The number of nitrogens with zero attached hydrogens (tertiary/aromatic N) is 3. The van der Waals surface area contributed by atoms with E-state index < -0.39 is 17.5 Å². The van der Waals surface area contributed by atoms with E-state index in [1.165, 1.54) is 6.42 Å². The fourth-order valence-corrected chi connectivity index (χ4v) is 7.88. The number of benzene rings is 1. The van der Waals surface area contributed by atoms with Gasteiger partial charge in [-0.1, -0.05) is 38.7 Å². The molecule has 3 fully saturated rings. The number of H-pyrrole nitrogens is 1. The van der Waals surface area contributed by atoms with Crippen LogP contribution in [0.15, 0.2) is 30.5 Å². The second kappa shape index (κ2) is 13.8. The van der Waals surface area contributed by atoms with Crippen LogP contribution in [0.25, 0.3) is 11.0 Å². The Morgan fingerprint density at radius 3 is 2.51 bits per heavy atom. The standard InChI is InChI=1S/C35H49N7O5/c1-5-36-32(44)29(34(2)15-9-16-34)41-33(45)35(17-19-47-21-35)23-12-13-24-25(20-23)39-30(38-24)27(28(46-4)22-10-7-6-8-11-22)40-31(43)26-14-18-37-42(26)3/h12-14,18,20,22,27-29H,5-11,15-17,19,21H2,1-4H3,(H,36,44)(H,38,39)(H,40,43)(H,41,45)/t27?,28?,29-,35?/m0/s1. The molecule has 4 atom stereocenters. The first-order chi connectivity index (χ1) is 22.7. The molecule has 2 aliphatic carbocycles. The highest BCUT2D eigenvalue weighted by molar-refractivity contribution is 5.95. The molecule has 1 aromatic carbocycles. The largest absolute Gasteiger partial charge is 0.380 e. The van der Waals surface area contributed by atoms with E-state index in [2.05, 4.69) is 33.0 Å². The Hall–Kier alpha value is -3.77. The highest BCUT2D eigenvalue weighted by Crippen LogP contribution is 2.44. The van der Waals surface area contributed by atoms with Crippen molar-refractivity contribution in [1.82, 2.24) is 35.7 Å². The van der Waals surface area contributed by atoms with E-state index in [1.54, 1.807) is 31.1 Å². The zero-order valence-corrected chi connectivity index (χ0v) is 28.1. The summed E-state index contributed by atoms with van der Waals surface area (Å²) >= 11 is 0. The fraction of sp³-hybridized carbons (Fsp3) is 0.629. The first-order valence-electron chi connectivity index (χ1n) is 17.2. The van der Waals surface area contributed by atoms with Crippen LogP contribution in [0.1, 0.15) is 99.6 Å². The normalized spacial score (nSPS) is 23.1. The first-order valence-corrected chi connectivity index (χ1v) is 17.2. The van der Waals surface area contributed by atoms with Gasteiger partial charge in [-0.15, -0.1) is 0 Å². The van der Waals surface area contributed by atoms with Crippen molar-refractivity contribution in [2.24, 2.45) is 18.4 Å². The van der Waals surface area contributed by atoms with E-state index >= 15 is 0 Å². The van der Waals surface area contributed by atoms with Gasteiger partial charge in [-0.3, -0.25) is 19.1 Å². The van der Waals surface area contributed by atoms with E-state index in [9.17, 15) is 14.4 Å². The Balaban J connectivity index is 1.32. The molecule has 3 unspecified atom stereocenters. The molecule has 0 spiro atoms. The van der Waals surface area contributed by atoms with Crippen molar-refractivity contribution in [1.29, 1.82) is 0 Å². The van der Waals surface area contributed by atoms with Crippen LogP contribution in [0.4, 0.5) is 0 Å². The number of aromatic amines is 1. The van der Waals surface area contributed by atoms with Crippen molar-refractivity contribution in [3.8, 4) is 0 Å². The molecule has 12 heteroatoms. The highest BCUT2D eigenvalue weighted by Gasteiger charge is 2.50. The van der Waals surface area contributed by atoms with Gasteiger partial charge in [0.25, 0.3) is 5.91 Å². The van der Waals surface area contributed by atoms with Gasteiger partial charge in [0.2, 0.25) is 11.8 Å². The number of aryl methyl sites for hydroxylation is 1. The van der Waals surface area contributed by atoms with E-state index in [-0.39, 0.29) is 41.8 Å². The average Bonchev–Trinajstić information content (AvgIpc) is 3.83. The summed E-state index contributed by atoms with van der Waals surface area (Å²) in [5.74, 6) is 0.273. The lowest BCUT2D eigenvalue weighted by Gasteiger charge is -2.45. The van der Waals surface area contributed by atoms with Gasteiger partial charge in [0.05, 0.1) is 29.2 Å². The lowest BCUT2D eigenvalue weighted by Crippen LogP contribution is -2.61. The van der Waals surface area contributed by atoms with Crippen molar-refractivity contribution >= 4 is 28.8 Å². The van der Waals surface area contributed by atoms with E-state index in [0.717, 1.165) is 61.5 Å². The number of aromatic nitrogens is 4. The van der Waals surface area contributed by atoms with Crippen LogP contribution in [0.3, 0.4) is 0 Å². The molecular formula is C35H49N7O5. The fourth-order valence-electron chi connectivity index (χ4n) is 7.88. The predicted molar refractivity (Wildman–Crippen MR) is 177 cm³/mol. The number of likely N-dealkylation sites (N-methyl/N-ethyl adjacent to an activating group) is 1. The highest BCUT2D eigenvalue weighted by atomic mass is 16.5. The third-order valence-electron chi connectivity index (χ3n) is 10.9. The van der Waals surface area contributed by atoms with Crippen LogP contribution in [0, 0.1) is 11.3 Å². The molecule has 0 bridgehead atoms. The lowest BCUT2D eigenvalue weighted by molar-refractivity contribution is -0.136. The molecule has 6 rings (SSSR count). The molecular weight excluding hydrogens is 598 g/mol. The smallest absolute Gasteiger partial charge is 0.270 e. The third kappa shape index (κ3) is 6.41. The monoisotopic (exact) mass is 647 g/mol. The zero-order valence-electron chi connectivity index (χ0n) is 28.1. The molecule has 2 aromatic heterocycles. The minimum absolute atomic E-state index is 0.143. The number of ether oxygens (including phenoxy) is 2. The van der Waals surface area contributed by atoms with Gasteiger partial charge < -0.3 is 30.4 Å². The summed E-state index contributed by atoms with van der Waals surface area (Å²) in [6.07, 6.45) is 10.2. The number of nitrogens with one attached hydrogen (secondary N) is 4. The molecule has 3 heterocycles. The number of hydrogen-bond acceptors (Lipinski definition) is 7. The second-order valence-corrected chi connectivity index (χ2v) is 13.9. The first kappa shape index (κ1) is 33.1. The molecule has 1 saturated heterocycles. The number of fused-ring (bicyclic) bond motifs is 1. The Bertz CT molecular complexity index is 1580. The van der Waals surface area contributed by atoms with Gasteiger partial charge in [0, 0.05) is 33.5 Å². The number of carbonyl (C=O) groups excluding carboxylic acids is 3. The van der Waals surface area contributed by atoms with Gasteiger partial charge in [-0.2, -0.15) is 5.10 Å². The maximum atomic E-state index is 14.2. The number of hydrogen-bond donors (Lipinski definition) is 4. The maximum Gasteiger partial charge on any atom is 0.270 e. The molecule has 254 valence electrons. The summed E-state index contributed by atoms with van der Waals surface area (Å²) in [5, 5.41) is 13.5. The maximum absolute atomic E-state index is 14.2. The van der Waals surface area contributed by atoms with Crippen molar-refractivity contribution < 1.29 is 23.9 Å². The molecule has 1 aliphatic heterocycles. The summed E-state index contributed by atoms with van der Waals surface area (Å²) < 4.78 is 13.5. The second-order valence-electron chi connectivity index (χ2n) is 13.9. The lowest BCUT2D eigenvalue weighted by atomic mass is 9.65. The van der Waals surface area contributed by atoms with E-state index in [1.807, 2.05) is 25.1 Å². The molecule has 47 heavy (non-hydrogen) atoms. The Labute approximate surface area is 276 Å². The third-order valence-corrected chi connectivity index (χ3v) is 10.9. The van der Waals surface area contributed by atoms with E-state index in [4.69, 9.17) is 14.5 Å². The quantitative estimate of drug-likeness (QED) is 0.233. The van der Waals surface area contributed by atoms with Crippen LogP contribution >= 0.6 is 0 Å². The van der Waals surface area contributed by atoms with Gasteiger partial charge in [-0.25, -0.2) is 4.98 Å². The summed E-state index contributed by atoms with van der Waals surface area (Å²) in [4.78, 5) is 49.3. The van der Waals surface area contributed by atoms with Gasteiger partial charge >= 0.3 is 0 Å². The molecule has 3 aliphatic rings. The van der Waals surface area contributed by atoms with Crippen molar-refractivity contribution in [2.45, 2.75) is 95.2 Å². The minimum Gasteiger partial charge on any atom is -0.380 e. The van der Waals surface area contributed by atoms with Crippen molar-refractivity contribution in [3.05, 3.63) is 47.5 Å². The summed E-state index contributed by atoms with van der Waals surface area (Å²) in [6, 6.07) is 6.36. The number of imidazole rings is 1. The summed E-state index contributed by atoms with van der Waals surface area (Å²) in [6.45, 7) is 5.14. The van der Waals surface area contributed by atoms with Crippen LogP contribution in [0.2, 0.25) is 0 Å². The SMILES string of the molecule is CCNC(=O)[C@H](NC(=O)C1(c2ccc3nc(C(NC(=O)c4ccnn4C)C(OC)C4CCCCC4)[nH]c3c2)CCOC1)C1(C)CCC1. The molecule has 12 nitrogen and oxygen atoms in total. The van der Waals surface area contributed by atoms with Crippen LogP contribution in [-0.2, 0) is 31.5 Å². The zero-order chi connectivity index (χ0) is 33.2. The molecule has 3 amide bonds. The van der Waals surface area contributed by atoms with Gasteiger partial charge in [0.1, 0.15) is 23.6 Å². The summed E-state index contributed by atoms with van der Waals surface area (Å²) in [7, 11) is 3.44. The van der Waals surface area contributed by atoms with E-state index in [0.29, 0.717) is 31.1 Å². The number of amides is 3. The van der Waals surface area contributed by atoms with Gasteiger partial charge in [0.15, 0.2) is 0 Å². The minimum atomic E-state index is -0.950. The number of rotatable bonds is 12. The Kier molecular flexibility index (Phi) is 9.70. The van der Waals surface area contributed by atoms with Gasteiger partial charge in [-0.05, 0) is 74.1 Å². The van der Waals surface area contributed by atoms with Crippen LogP contribution in [-0.4, -0.2) is 76.5 Å². The number of carbonyl (C=O) groups is 3. The molecule has 2 saturated carbocycles.